The van der Waals surface area contributed by atoms with E-state index in [4.69, 9.17) is 0 Å². The minimum atomic E-state index is -4.60. The van der Waals surface area contributed by atoms with Crippen molar-refractivity contribution in [1.29, 1.82) is 0 Å². The van der Waals surface area contributed by atoms with Crippen molar-refractivity contribution in [2.24, 2.45) is 5.92 Å². The van der Waals surface area contributed by atoms with Crippen molar-refractivity contribution in [2.45, 2.75) is 19.3 Å². The van der Waals surface area contributed by atoms with Gasteiger partial charge in [0.1, 0.15) is 13.0 Å². The van der Waals surface area contributed by atoms with Gasteiger partial charge in [-0.05, 0) is 49.7 Å². The van der Waals surface area contributed by atoms with Crippen LogP contribution in [0.2, 0.25) is 0 Å². The third-order valence-electron chi connectivity index (χ3n) is 4.67. The van der Waals surface area contributed by atoms with E-state index in [1.54, 1.807) is 0 Å². The molecule has 1 N–H and O–H groups in total. The molecule has 0 bridgehead atoms. The van der Waals surface area contributed by atoms with Gasteiger partial charge in [0, 0.05) is 30.9 Å². The Morgan fingerprint density at radius 3 is 2.79 bits per heavy atom. The number of hydrogen-bond donors (Lipinski definition) is 1. The molecule has 6 nitrogen and oxygen atoms in total. The van der Waals surface area contributed by atoms with Crippen LogP contribution < -0.4 is 5.32 Å². The van der Waals surface area contributed by atoms with E-state index in [-0.39, 0.29) is 22.9 Å². The van der Waals surface area contributed by atoms with E-state index in [0.717, 1.165) is 31.6 Å². The fourth-order valence-corrected chi connectivity index (χ4v) is 3.18. The van der Waals surface area contributed by atoms with Gasteiger partial charge in [0.05, 0.1) is 5.56 Å². The maximum absolute atomic E-state index is 13.0. The Morgan fingerprint density at radius 1 is 1.34 bits per heavy atom. The van der Waals surface area contributed by atoms with Crippen LogP contribution >= 0.6 is 0 Å². The standard InChI is InChI=1S/C19H21F4N5O/c1-27-4-2-13(11-27)10-24-17(29)3-5-28-12-25-18(26-28)15-6-14(9-20)7-16(8-15)19(21,22)23/h3,5-8,12-13H,2,4,9-11H2,1H3,(H,24,29)/b5-3-. The number of amides is 1. The van der Waals surface area contributed by atoms with Gasteiger partial charge in [0.2, 0.25) is 5.91 Å². The molecule has 2 heterocycles. The first-order valence-corrected chi connectivity index (χ1v) is 9.08. The summed E-state index contributed by atoms with van der Waals surface area (Å²) in [5, 5.41) is 6.85. The Balaban J connectivity index is 1.66. The molecule has 1 atom stereocenters. The number of aromatic nitrogens is 3. The predicted molar refractivity (Wildman–Crippen MR) is 99.2 cm³/mol. The molecule has 0 aliphatic carbocycles. The normalized spacial score (nSPS) is 17.9. The number of hydrogen-bond acceptors (Lipinski definition) is 4. The summed E-state index contributed by atoms with van der Waals surface area (Å²) in [6, 6.07) is 2.89. The van der Waals surface area contributed by atoms with Crippen LogP contribution in [0.3, 0.4) is 0 Å². The molecule has 3 rings (SSSR count). The van der Waals surface area contributed by atoms with Crippen molar-refractivity contribution in [3.63, 3.8) is 0 Å². The van der Waals surface area contributed by atoms with E-state index in [1.165, 1.54) is 29.4 Å². The van der Waals surface area contributed by atoms with Crippen LogP contribution in [-0.2, 0) is 17.6 Å². The maximum atomic E-state index is 13.0. The molecule has 0 radical (unpaired) electrons. The number of likely N-dealkylation sites (tertiary alicyclic amines) is 1. The summed E-state index contributed by atoms with van der Waals surface area (Å²) in [5.74, 6) is 0.126. The number of carbonyl (C=O) groups excluding carboxylic acids is 1. The van der Waals surface area contributed by atoms with Gasteiger partial charge in [0.15, 0.2) is 5.82 Å². The number of benzene rings is 1. The molecule has 1 fully saturated rings. The van der Waals surface area contributed by atoms with Gasteiger partial charge in [-0.3, -0.25) is 4.79 Å². The molecule has 1 saturated heterocycles. The van der Waals surface area contributed by atoms with Crippen molar-refractivity contribution in [3.05, 3.63) is 41.7 Å². The van der Waals surface area contributed by atoms with Gasteiger partial charge in [-0.1, -0.05) is 0 Å². The van der Waals surface area contributed by atoms with Gasteiger partial charge in [0.25, 0.3) is 0 Å². The van der Waals surface area contributed by atoms with E-state index >= 15 is 0 Å². The number of nitrogens with one attached hydrogen (secondary N) is 1. The average Bonchev–Trinajstić information content (AvgIpc) is 3.32. The highest BCUT2D eigenvalue weighted by molar-refractivity contribution is 5.90. The fourth-order valence-electron chi connectivity index (χ4n) is 3.18. The lowest BCUT2D eigenvalue weighted by molar-refractivity contribution is -0.137. The minimum absolute atomic E-state index is 0.00449. The number of nitrogens with zero attached hydrogens (tertiary/aromatic N) is 4. The third kappa shape index (κ3) is 5.63. The number of rotatable bonds is 6. The first-order valence-electron chi connectivity index (χ1n) is 9.08. The van der Waals surface area contributed by atoms with Crippen LogP contribution in [0.4, 0.5) is 17.6 Å². The SMILES string of the molecule is CN1CCC(CNC(=O)/C=C\n2cnc(-c3cc(CF)cc(C(F)(F)F)c3)n2)C1. The summed E-state index contributed by atoms with van der Waals surface area (Å²) in [5.41, 5.74) is -1.03. The van der Waals surface area contributed by atoms with Crippen LogP contribution in [-0.4, -0.2) is 52.3 Å². The molecule has 0 spiro atoms. The first-order chi connectivity index (χ1) is 13.7. The van der Waals surface area contributed by atoms with Crippen molar-refractivity contribution in [1.82, 2.24) is 25.0 Å². The number of alkyl halides is 4. The van der Waals surface area contributed by atoms with Crippen molar-refractivity contribution < 1.29 is 22.4 Å². The zero-order valence-electron chi connectivity index (χ0n) is 15.8. The maximum Gasteiger partial charge on any atom is 0.416 e. The van der Waals surface area contributed by atoms with Gasteiger partial charge < -0.3 is 10.2 Å². The third-order valence-corrected chi connectivity index (χ3v) is 4.67. The molecular weight excluding hydrogens is 390 g/mol. The summed E-state index contributed by atoms with van der Waals surface area (Å²) >= 11 is 0. The van der Waals surface area contributed by atoms with Gasteiger partial charge >= 0.3 is 6.18 Å². The fraction of sp³-hybridized carbons (Fsp3) is 0.421. The van der Waals surface area contributed by atoms with Gasteiger partial charge in [-0.15, -0.1) is 5.10 Å². The smallest absolute Gasteiger partial charge is 0.352 e. The second-order valence-electron chi connectivity index (χ2n) is 7.08. The second-order valence-corrected chi connectivity index (χ2v) is 7.08. The molecule has 1 aliphatic heterocycles. The van der Waals surface area contributed by atoms with Crippen LogP contribution in [0.15, 0.2) is 30.6 Å². The van der Waals surface area contributed by atoms with E-state index in [2.05, 4.69) is 20.3 Å². The summed E-state index contributed by atoms with van der Waals surface area (Å²) in [6.07, 6.45) is 0.326. The Morgan fingerprint density at radius 2 is 2.14 bits per heavy atom. The molecule has 1 aromatic heterocycles. The highest BCUT2D eigenvalue weighted by atomic mass is 19.4. The number of carbonyl (C=O) groups is 1. The van der Waals surface area contributed by atoms with Crippen molar-refractivity contribution in [3.8, 4) is 11.4 Å². The molecular formula is C19H21F4N5O. The van der Waals surface area contributed by atoms with E-state index in [0.29, 0.717) is 12.5 Å². The van der Waals surface area contributed by atoms with E-state index in [1.807, 2.05) is 7.05 Å². The molecule has 1 aromatic carbocycles. The summed E-state index contributed by atoms with van der Waals surface area (Å²) < 4.78 is 53.1. The van der Waals surface area contributed by atoms with Gasteiger partial charge in [-0.2, -0.15) is 13.2 Å². The van der Waals surface area contributed by atoms with Crippen LogP contribution in [0, 0.1) is 5.92 Å². The zero-order valence-corrected chi connectivity index (χ0v) is 15.8. The van der Waals surface area contributed by atoms with Crippen LogP contribution in [0.25, 0.3) is 17.6 Å². The molecule has 10 heteroatoms. The summed E-state index contributed by atoms with van der Waals surface area (Å²) in [6.45, 7) is 1.49. The molecule has 1 amide bonds. The Labute approximate surface area is 165 Å². The minimum Gasteiger partial charge on any atom is -0.352 e. The Hall–Kier alpha value is -2.75. The number of halogens is 4. The highest BCUT2D eigenvalue weighted by Gasteiger charge is 2.31. The largest absolute Gasteiger partial charge is 0.416 e. The molecule has 156 valence electrons. The molecule has 2 aromatic rings. The van der Waals surface area contributed by atoms with Crippen LogP contribution in [0.5, 0.6) is 0 Å². The highest BCUT2D eigenvalue weighted by Crippen LogP contribution is 2.33. The topological polar surface area (TPSA) is 63.1 Å². The molecule has 29 heavy (non-hydrogen) atoms. The van der Waals surface area contributed by atoms with Crippen molar-refractivity contribution >= 4 is 12.1 Å². The van der Waals surface area contributed by atoms with Gasteiger partial charge in [-0.25, -0.2) is 14.1 Å². The van der Waals surface area contributed by atoms with E-state index < -0.39 is 18.4 Å². The van der Waals surface area contributed by atoms with E-state index in [9.17, 15) is 22.4 Å². The lowest BCUT2D eigenvalue weighted by Gasteiger charge is -2.10. The molecule has 0 saturated carbocycles. The first kappa shape index (κ1) is 21.0. The second kappa shape index (κ2) is 8.73. The lowest BCUT2D eigenvalue weighted by Crippen LogP contribution is -2.29. The Bertz CT molecular complexity index is 893. The van der Waals surface area contributed by atoms with Crippen LogP contribution in [0.1, 0.15) is 17.5 Å². The molecule has 1 unspecified atom stereocenters. The quantitative estimate of drug-likeness (QED) is 0.587. The zero-order chi connectivity index (χ0) is 21.0. The monoisotopic (exact) mass is 411 g/mol. The summed E-state index contributed by atoms with van der Waals surface area (Å²) in [7, 11) is 2.03. The Kier molecular flexibility index (Phi) is 6.31. The predicted octanol–water partition coefficient (Wildman–Crippen LogP) is 2.97. The lowest BCUT2D eigenvalue weighted by atomic mass is 10.1. The summed E-state index contributed by atoms with van der Waals surface area (Å²) in [4.78, 5) is 18.1. The molecule has 1 aliphatic rings. The average molecular weight is 411 g/mol. The van der Waals surface area contributed by atoms with Crippen molar-refractivity contribution in [2.75, 3.05) is 26.7 Å².